The Morgan fingerprint density at radius 2 is 2.05 bits per heavy atom. The van der Waals surface area contributed by atoms with E-state index in [0.717, 1.165) is 24.9 Å². The van der Waals surface area contributed by atoms with Crippen LogP contribution in [0.15, 0.2) is 24.3 Å². The van der Waals surface area contributed by atoms with Crippen molar-refractivity contribution in [3.8, 4) is 0 Å². The Bertz CT molecular complexity index is 516. The summed E-state index contributed by atoms with van der Waals surface area (Å²) in [5.74, 6) is -0.762. The van der Waals surface area contributed by atoms with E-state index in [1.807, 2.05) is 30.0 Å². The number of hydrogen-bond donors (Lipinski definition) is 2. The molecule has 0 fully saturated rings. The molecule has 1 aliphatic heterocycles. The van der Waals surface area contributed by atoms with Gasteiger partial charge in [-0.05, 0) is 37.8 Å². The minimum absolute atomic E-state index is 0.0642. The number of fused-ring (bicyclic) bond motifs is 1. The maximum Gasteiger partial charge on any atom is 0.322 e. The van der Waals surface area contributed by atoms with Crippen molar-refractivity contribution in [2.24, 2.45) is 0 Å². The van der Waals surface area contributed by atoms with E-state index in [1.165, 1.54) is 5.56 Å². The van der Waals surface area contributed by atoms with Gasteiger partial charge in [0.1, 0.15) is 0 Å². The zero-order valence-electron chi connectivity index (χ0n) is 12.3. The number of aliphatic carboxylic acids is 1. The summed E-state index contributed by atoms with van der Waals surface area (Å²) in [6, 6.07) is 8.09. The first-order valence-electron chi connectivity index (χ1n) is 7.46. The molecule has 21 heavy (non-hydrogen) atoms. The van der Waals surface area contributed by atoms with Gasteiger partial charge in [0.2, 0.25) is 0 Å². The van der Waals surface area contributed by atoms with Crippen LogP contribution in [0.25, 0.3) is 0 Å². The van der Waals surface area contributed by atoms with Crippen molar-refractivity contribution in [2.75, 3.05) is 11.4 Å². The second kappa shape index (κ2) is 7.11. The highest BCUT2D eigenvalue weighted by Gasteiger charge is 2.30. The molecule has 5 heteroatoms. The van der Waals surface area contributed by atoms with Crippen LogP contribution in [0.3, 0.4) is 0 Å². The van der Waals surface area contributed by atoms with Crippen molar-refractivity contribution in [2.45, 2.75) is 45.1 Å². The van der Waals surface area contributed by atoms with E-state index in [4.69, 9.17) is 5.11 Å². The number of rotatable bonds is 6. The monoisotopic (exact) mass is 290 g/mol. The molecule has 0 spiro atoms. The number of hydrogen-bond acceptors (Lipinski definition) is 2. The van der Waals surface area contributed by atoms with Gasteiger partial charge in [0.05, 0.1) is 0 Å². The van der Waals surface area contributed by atoms with Gasteiger partial charge in [-0.1, -0.05) is 24.6 Å². The summed E-state index contributed by atoms with van der Waals surface area (Å²) in [7, 11) is 0. The van der Waals surface area contributed by atoms with Crippen molar-refractivity contribution >= 4 is 17.7 Å². The predicted octanol–water partition coefficient (Wildman–Crippen LogP) is 2.79. The number of carbonyl (C=O) groups excluding carboxylic acids is 1. The summed E-state index contributed by atoms with van der Waals surface area (Å²) in [4.78, 5) is 24.5. The summed E-state index contributed by atoms with van der Waals surface area (Å²) in [5.41, 5.74) is 2.20. The van der Waals surface area contributed by atoms with E-state index in [2.05, 4.69) is 11.4 Å². The predicted molar refractivity (Wildman–Crippen MR) is 81.6 cm³/mol. The minimum Gasteiger partial charge on any atom is -0.481 e. The molecule has 1 aromatic rings. The fraction of sp³-hybridized carbons (Fsp3) is 0.500. The highest BCUT2D eigenvalue weighted by molar-refractivity contribution is 5.94. The zero-order valence-corrected chi connectivity index (χ0v) is 12.3. The third kappa shape index (κ3) is 3.97. The van der Waals surface area contributed by atoms with Gasteiger partial charge in [-0.2, -0.15) is 0 Å². The maximum atomic E-state index is 12.3. The van der Waals surface area contributed by atoms with E-state index < -0.39 is 5.97 Å². The Morgan fingerprint density at radius 3 is 2.81 bits per heavy atom. The number of anilines is 1. The number of benzene rings is 1. The summed E-state index contributed by atoms with van der Waals surface area (Å²) >= 11 is 0. The Morgan fingerprint density at radius 1 is 1.29 bits per heavy atom. The molecule has 0 saturated carbocycles. The molecule has 0 radical (unpaired) electrons. The van der Waals surface area contributed by atoms with Crippen molar-refractivity contribution in [1.29, 1.82) is 0 Å². The quantitative estimate of drug-likeness (QED) is 0.791. The summed E-state index contributed by atoms with van der Waals surface area (Å²) in [5, 5.41) is 11.5. The topological polar surface area (TPSA) is 69.6 Å². The van der Waals surface area contributed by atoms with Crippen LogP contribution < -0.4 is 10.2 Å². The van der Waals surface area contributed by atoms with Crippen LogP contribution in [-0.4, -0.2) is 29.7 Å². The summed E-state index contributed by atoms with van der Waals surface area (Å²) in [6.07, 6.45) is 3.38. The second-order valence-electron chi connectivity index (χ2n) is 5.49. The second-order valence-corrected chi connectivity index (χ2v) is 5.49. The highest BCUT2D eigenvalue weighted by Crippen LogP contribution is 2.31. The van der Waals surface area contributed by atoms with Gasteiger partial charge >= 0.3 is 12.0 Å². The number of carboxylic acid groups (broad SMARTS) is 1. The van der Waals surface area contributed by atoms with Gasteiger partial charge in [-0.3, -0.25) is 9.69 Å². The normalized spacial score (nSPS) is 16.6. The molecule has 2 rings (SSSR count). The molecule has 0 aromatic heterocycles. The minimum atomic E-state index is -0.762. The molecule has 2 N–H and O–H groups in total. The zero-order chi connectivity index (χ0) is 15.2. The summed E-state index contributed by atoms with van der Waals surface area (Å²) in [6.45, 7) is 2.64. The number of para-hydroxylation sites is 1. The van der Waals surface area contributed by atoms with Gasteiger partial charge < -0.3 is 10.4 Å². The number of nitrogens with one attached hydrogen (secondary N) is 1. The fourth-order valence-corrected chi connectivity index (χ4v) is 2.73. The van der Waals surface area contributed by atoms with Crippen molar-refractivity contribution in [3.63, 3.8) is 0 Å². The molecule has 2 amide bonds. The average Bonchev–Trinajstić information content (AvgIpc) is 2.78. The van der Waals surface area contributed by atoms with Crippen LogP contribution >= 0.6 is 0 Å². The molecule has 114 valence electrons. The van der Waals surface area contributed by atoms with E-state index in [1.54, 1.807) is 0 Å². The largest absolute Gasteiger partial charge is 0.481 e. The van der Waals surface area contributed by atoms with Crippen LogP contribution in [-0.2, 0) is 11.2 Å². The van der Waals surface area contributed by atoms with Gasteiger partial charge in [-0.25, -0.2) is 4.79 Å². The number of unbranched alkanes of at least 4 members (excludes halogenated alkanes) is 2. The first-order valence-corrected chi connectivity index (χ1v) is 7.46. The molecule has 1 atom stereocenters. The molecule has 0 aliphatic carbocycles. The van der Waals surface area contributed by atoms with Gasteiger partial charge in [-0.15, -0.1) is 0 Å². The molecule has 1 aromatic carbocycles. The third-order valence-electron chi connectivity index (χ3n) is 3.77. The van der Waals surface area contributed by atoms with Crippen LogP contribution in [0, 0.1) is 0 Å². The van der Waals surface area contributed by atoms with Gasteiger partial charge in [0.15, 0.2) is 0 Å². The number of urea groups is 1. The molecule has 5 nitrogen and oxygen atoms in total. The Kier molecular flexibility index (Phi) is 5.20. The Labute approximate surface area is 125 Å². The van der Waals surface area contributed by atoms with E-state index in [-0.39, 0.29) is 18.5 Å². The first kappa shape index (κ1) is 15.4. The molecular formula is C16H22N2O3. The average molecular weight is 290 g/mol. The van der Waals surface area contributed by atoms with E-state index in [9.17, 15) is 9.59 Å². The molecular weight excluding hydrogens is 268 g/mol. The molecule has 0 saturated heterocycles. The van der Waals surface area contributed by atoms with Gasteiger partial charge in [0.25, 0.3) is 0 Å². The number of carbonyl (C=O) groups is 2. The van der Waals surface area contributed by atoms with Crippen LogP contribution in [0.1, 0.15) is 38.2 Å². The van der Waals surface area contributed by atoms with Gasteiger partial charge in [0, 0.05) is 24.7 Å². The first-order chi connectivity index (χ1) is 10.1. The number of carboxylic acids is 1. The van der Waals surface area contributed by atoms with Crippen LogP contribution in [0.2, 0.25) is 0 Å². The molecule has 0 bridgehead atoms. The smallest absolute Gasteiger partial charge is 0.322 e. The molecule has 1 unspecified atom stereocenters. The lowest BCUT2D eigenvalue weighted by Crippen LogP contribution is -2.43. The van der Waals surface area contributed by atoms with Crippen LogP contribution in [0.5, 0.6) is 0 Å². The van der Waals surface area contributed by atoms with E-state index >= 15 is 0 Å². The van der Waals surface area contributed by atoms with E-state index in [0.29, 0.717) is 13.0 Å². The molecule has 1 aliphatic rings. The Hall–Kier alpha value is -2.04. The maximum absolute atomic E-state index is 12.3. The third-order valence-corrected chi connectivity index (χ3v) is 3.77. The lowest BCUT2D eigenvalue weighted by atomic mass is 10.1. The summed E-state index contributed by atoms with van der Waals surface area (Å²) < 4.78 is 0. The lowest BCUT2D eigenvalue weighted by Gasteiger charge is -2.23. The van der Waals surface area contributed by atoms with Crippen LogP contribution in [0.4, 0.5) is 10.5 Å². The standard InChI is InChI=1S/C16H22N2O3/c1-12-11-13-7-4-5-8-14(13)18(12)16(21)17-10-6-2-3-9-15(19)20/h4-5,7-8,12H,2-3,6,9-11H2,1H3,(H,17,21)(H,19,20). The van der Waals surface area contributed by atoms with Crippen molar-refractivity contribution in [3.05, 3.63) is 29.8 Å². The lowest BCUT2D eigenvalue weighted by molar-refractivity contribution is -0.137. The SMILES string of the molecule is CC1Cc2ccccc2N1C(=O)NCCCCCC(=O)O. The Balaban J connectivity index is 1.77. The number of amides is 2. The number of nitrogens with zero attached hydrogens (tertiary/aromatic N) is 1. The highest BCUT2D eigenvalue weighted by atomic mass is 16.4. The van der Waals surface area contributed by atoms with Crippen molar-refractivity contribution < 1.29 is 14.7 Å². The fourth-order valence-electron chi connectivity index (χ4n) is 2.73. The molecule has 1 heterocycles. The van der Waals surface area contributed by atoms with Crippen molar-refractivity contribution in [1.82, 2.24) is 5.32 Å².